The monoisotopic (exact) mass is 292 g/mol. The third-order valence-electron chi connectivity index (χ3n) is 3.52. The fraction of sp³-hybridized carbons (Fsp3) is 0.0556. The third-order valence-corrected chi connectivity index (χ3v) is 3.52. The molecule has 0 spiro atoms. The summed E-state index contributed by atoms with van der Waals surface area (Å²) in [5.41, 5.74) is 3.73. The predicted octanol–water partition coefficient (Wildman–Crippen LogP) is 3.02. The highest BCUT2D eigenvalue weighted by molar-refractivity contribution is 5.93. The number of carbonyl (C=O) groups excluding carboxylic acids is 1. The van der Waals surface area contributed by atoms with E-state index in [4.69, 9.17) is 10.6 Å². The average Bonchev–Trinajstić information content (AvgIpc) is 2.59. The number of hydrogen-bond donors (Lipinski definition) is 2. The molecule has 0 aliphatic heterocycles. The number of fused-ring (bicyclic) bond motifs is 1. The first-order valence-electron chi connectivity index (χ1n) is 6.98. The number of carbonyl (C=O) groups is 1. The van der Waals surface area contributed by atoms with Gasteiger partial charge in [-0.3, -0.25) is 10.2 Å². The van der Waals surface area contributed by atoms with Gasteiger partial charge in [0, 0.05) is 5.56 Å². The molecule has 0 radical (unpaired) electrons. The maximum atomic E-state index is 11.4. The Bertz CT molecular complexity index is 792. The summed E-state index contributed by atoms with van der Waals surface area (Å²) < 4.78 is 5.81. The topological polar surface area (TPSA) is 64.3 Å². The minimum Gasteiger partial charge on any atom is -0.489 e. The van der Waals surface area contributed by atoms with E-state index in [1.54, 1.807) is 24.3 Å². The highest BCUT2D eigenvalue weighted by Crippen LogP contribution is 2.21. The van der Waals surface area contributed by atoms with Gasteiger partial charge in [0.15, 0.2) is 0 Å². The minimum atomic E-state index is -0.319. The van der Waals surface area contributed by atoms with Crippen LogP contribution in [0, 0.1) is 0 Å². The molecule has 1 amide bonds. The lowest BCUT2D eigenvalue weighted by Crippen LogP contribution is -2.29. The smallest absolute Gasteiger partial charge is 0.265 e. The van der Waals surface area contributed by atoms with Crippen LogP contribution in [0.1, 0.15) is 15.9 Å². The van der Waals surface area contributed by atoms with E-state index < -0.39 is 0 Å². The van der Waals surface area contributed by atoms with Crippen molar-refractivity contribution in [3.05, 3.63) is 77.9 Å². The number of amides is 1. The van der Waals surface area contributed by atoms with E-state index >= 15 is 0 Å². The van der Waals surface area contributed by atoms with Crippen LogP contribution < -0.4 is 16.0 Å². The Labute approximate surface area is 128 Å². The fourth-order valence-electron chi connectivity index (χ4n) is 2.37. The van der Waals surface area contributed by atoms with Gasteiger partial charge in [-0.15, -0.1) is 0 Å². The number of rotatable bonds is 4. The molecule has 0 atom stereocenters. The normalized spacial score (nSPS) is 10.4. The van der Waals surface area contributed by atoms with E-state index in [1.165, 1.54) is 10.8 Å². The summed E-state index contributed by atoms with van der Waals surface area (Å²) in [6.07, 6.45) is 0. The van der Waals surface area contributed by atoms with Gasteiger partial charge >= 0.3 is 0 Å². The lowest BCUT2D eigenvalue weighted by molar-refractivity contribution is 0.0953. The molecule has 0 heterocycles. The quantitative estimate of drug-likeness (QED) is 0.441. The van der Waals surface area contributed by atoms with Gasteiger partial charge < -0.3 is 4.74 Å². The van der Waals surface area contributed by atoms with Crippen molar-refractivity contribution in [2.75, 3.05) is 0 Å². The number of nitrogens with two attached hydrogens (primary N) is 1. The van der Waals surface area contributed by atoms with Crippen molar-refractivity contribution in [1.29, 1.82) is 0 Å². The van der Waals surface area contributed by atoms with Crippen LogP contribution in [0.3, 0.4) is 0 Å². The Morgan fingerprint density at radius 3 is 2.45 bits per heavy atom. The van der Waals surface area contributed by atoms with Crippen molar-refractivity contribution >= 4 is 16.7 Å². The molecular formula is C18H16N2O2. The molecule has 0 saturated heterocycles. The second-order valence-corrected chi connectivity index (χ2v) is 4.92. The van der Waals surface area contributed by atoms with Crippen LogP contribution in [0.4, 0.5) is 0 Å². The van der Waals surface area contributed by atoms with Crippen molar-refractivity contribution in [2.24, 2.45) is 5.84 Å². The Kier molecular flexibility index (Phi) is 4.03. The zero-order valence-corrected chi connectivity index (χ0v) is 12.0. The third kappa shape index (κ3) is 2.92. The van der Waals surface area contributed by atoms with E-state index in [9.17, 15) is 4.79 Å². The van der Waals surface area contributed by atoms with Crippen LogP contribution in [0.2, 0.25) is 0 Å². The van der Waals surface area contributed by atoms with Crippen molar-refractivity contribution in [1.82, 2.24) is 5.43 Å². The van der Waals surface area contributed by atoms with Crippen LogP contribution in [0.5, 0.6) is 5.75 Å². The molecule has 3 aromatic carbocycles. The van der Waals surface area contributed by atoms with Crippen LogP contribution >= 0.6 is 0 Å². The van der Waals surface area contributed by atoms with Gasteiger partial charge in [0.1, 0.15) is 12.4 Å². The maximum Gasteiger partial charge on any atom is 0.265 e. The van der Waals surface area contributed by atoms with Gasteiger partial charge in [0.2, 0.25) is 0 Å². The van der Waals surface area contributed by atoms with Crippen LogP contribution in [0.25, 0.3) is 10.8 Å². The average molecular weight is 292 g/mol. The summed E-state index contributed by atoms with van der Waals surface area (Å²) in [6, 6.07) is 21.3. The van der Waals surface area contributed by atoms with Crippen LogP contribution in [0.15, 0.2) is 66.7 Å². The Hall–Kier alpha value is -2.85. The van der Waals surface area contributed by atoms with E-state index in [2.05, 4.69) is 29.7 Å². The number of nitrogens with one attached hydrogen (secondary N) is 1. The van der Waals surface area contributed by atoms with Crippen LogP contribution in [-0.2, 0) is 6.61 Å². The lowest BCUT2D eigenvalue weighted by atomic mass is 10.1. The molecule has 0 saturated carbocycles. The molecule has 3 aromatic rings. The van der Waals surface area contributed by atoms with E-state index in [0.717, 1.165) is 5.56 Å². The first kappa shape index (κ1) is 14.1. The Balaban J connectivity index is 1.75. The molecular weight excluding hydrogens is 276 g/mol. The first-order valence-corrected chi connectivity index (χ1v) is 6.98. The van der Waals surface area contributed by atoms with Gasteiger partial charge in [-0.25, -0.2) is 5.84 Å². The molecule has 0 aromatic heterocycles. The molecule has 0 fully saturated rings. The Morgan fingerprint density at radius 1 is 0.955 bits per heavy atom. The molecule has 4 nitrogen and oxygen atoms in total. The highest BCUT2D eigenvalue weighted by atomic mass is 16.5. The van der Waals surface area contributed by atoms with E-state index in [-0.39, 0.29) is 5.91 Å². The summed E-state index contributed by atoms with van der Waals surface area (Å²) >= 11 is 0. The second kappa shape index (κ2) is 6.28. The molecule has 22 heavy (non-hydrogen) atoms. The van der Waals surface area contributed by atoms with Gasteiger partial charge in [-0.05, 0) is 40.6 Å². The Morgan fingerprint density at radius 2 is 1.68 bits per heavy atom. The number of benzene rings is 3. The van der Waals surface area contributed by atoms with Crippen molar-refractivity contribution in [3.63, 3.8) is 0 Å². The summed E-state index contributed by atoms with van der Waals surface area (Å²) in [6.45, 7) is 0.476. The number of hydrazine groups is 1. The van der Waals surface area contributed by atoms with Crippen LogP contribution in [-0.4, -0.2) is 5.91 Å². The molecule has 4 heteroatoms. The molecule has 0 aliphatic rings. The van der Waals surface area contributed by atoms with Gasteiger partial charge in [-0.1, -0.05) is 42.5 Å². The number of nitrogen functional groups attached to an aromatic ring is 1. The summed E-state index contributed by atoms with van der Waals surface area (Å²) in [5, 5.41) is 2.38. The largest absolute Gasteiger partial charge is 0.489 e. The number of hydrogen-bond acceptors (Lipinski definition) is 3. The summed E-state index contributed by atoms with van der Waals surface area (Å²) in [5.74, 6) is 5.49. The fourth-order valence-corrected chi connectivity index (χ4v) is 2.37. The lowest BCUT2D eigenvalue weighted by Gasteiger charge is -2.09. The van der Waals surface area contributed by atoms with E-state index in [1.807, 2.05) is 18.2 Å². The molecule has 110 valence electrons. The maximum absolute atomic E-state index is 11.4. The zero-order chi connectivity index (χ0) is 15.4. The standard InChI is InChI=1S/C18H16N2O2/c19-20-18(21)14-8-10-16(11-9-14)22-12-15-6-3-5-13-4-1-2-7-17(13)15/h1-11H,12,19H2,(H,20,21). The second-order valence-electron chi connectivity index (χ2n) is 4.92. The molecule has 0 bridgehead atoms. The molecule has 3 N–H and O–H groups in total. The highest BCUT2D eigenvalue weighted by Gasteiger charge is 2.04. The zero-order valence-electron chi connectivity index (χ0n) is 12.0. The minimum absolute atomic E-state index is 0.319. The predicted molar refractivity (Wildman–Crippen MR) is 86.4 cm³/mol. The summed E-state index contributed by atoms with van der Waals surface area (Å²) in [7, 11) is 0. The van der Waals surface area contributed by atoms with Gasteiger partial charge in [0.05, 0.1) is 0 Å². The summed E-state index contributed by atoms with van der Waals surface area (Å²) in [4.78, 5) is 11.4. The van der Waals surface area contributed by atoms with Crippen molar-refractivity contribution < 1.29 is 9.53 Å². The van der Waals surface area contributed by atoms with Gasteiger partial charge in [-0.2, -0.15) is 0 Å². The molecule has 3 rings (SSSR count). The molecule has 0 unspecified atom stereocenters. The number of ether oxygens (including phenoxy) is 1. The molecule has 0 aliphatic carbocycles. The van der Waals surface area contributed by atoms with Gasteiger partial charge in [0.25, 0.3) is 5.91 Å². The SMILES string of the molecule is NNC(=O)c1ccc(OCc2cccc3ccccc23)cc1. The van der Waals surface area contributed by atoms with Crippen molar-refractivity contribution in [2.45, 2.75) is 6.61 Å². The van der Waals surface area contributed by atoms with Crippen molar-refractivity contribution in [3.8, 4) is 5.75 Å². The first-order chi connectivity index (χ1) is 10.8. The van der Waals surface area contributed by atoms with E-state index in [0.29, 0.717) is 17.9 Å².